The van der Waals surface area contributed by atoms with Gasteiger partial charge in [0.25, 0.3) is 0 Å². The number of nitrogens with zero attached hydrogens (tertiary/aromatic N) is 3. The van der Waals surface area contributed by atoms with Crippen molar-refractivity contribution in [3.05, 3.63) is 16.2 Å². The van der Waals surface area contributed by atoms with Gasteiger partial charge in [0.1, 0.15) is 0 Å². The number of thiophene rings is 1. The topological polar surface area (TPSA) is 38.2 Å². The fraction of sp³-hybridized carbons (Fsp3) is 0.500. The second kappa shape index (κ2) is 5.96. The van der Waals surface area contributed by atoms with Crippen molar-refractivity contribution in [2.24, 2.45) is 0 Å². The van der Waals surface area contributed by atoms with Crippen LogP contribution in [0.15, 0.2) is 6.07 Å². The van der Waals surface area contributed by atoms with Gasteiger partial charge in [0.05, 0.1) is 0 Å². The molecule has 0 aromatic carbocycles. The predicted molar refractivity (Wildman–Crippen MR) is 82.2 cm³/mol. The molecule has 1 aliphatic heterocycles. The van der Waals surface area contributed by atoms with E-state index in [0.717, 1.165) is 37.6 Å². The molecule has 0 saturated carbocycles. The van der Waals surface area contributed by atoms with Gasteiger partial charge in [-0.05, 0) is 0 Å². The number of halogens is 1. The van der Waals surface area contributed by atoms with Crippen molar-refractivity contribution in [1.29, 1.82) is 0 Å². The van der Waals surface area contributed by atoms with Crippen LogP contribution in [0, 0.1) is 0 Å². The van der Waals surface area contributed by atoms with Gasteiger partial charge in [0.15, 0.2) is 0 Å². The fourth-order valence-corrected chi connectivity index (χ4v) is 5.49. The fourth-order valence-electron chi connectivity index (χ4n) is 2.19. The maximum atomic E-state index is 6.06. The standard InChI is InChI=1S/C12H15AsClN3OS/c1-13-7-8-6-9-10(19-8)11(16-12(14)15-9)17-2-4-18-5-3-17/h6,13H,2-5,7H2,1H3. The molecule has 3 rings (SSSR count). The zero-order chi connectivity index (χ0) is 13.2. The zero-order valence-electron chi connectivity index (χ0n) is 10.6. The Kier molecular flexibility index (Phi) is 4.27. The van der Waals surface area contributed by atoms with E-state index < -0.39 is 0 Å². The summed E-state index contributed by atoms with van der Waals surface area (Å²) in [6.45, 7) is 3.25. The third-order valence-electron chi connectivity index (χ3n) is 3.04. The Morgan fingerprint density at radius 3 is 2.95 bits per heavy atom. The van der Waals surface area contributed by atoms with Gasteiger partial charge in [0.2, 0.25) is 0 Å². The van der Waals surface area contributed by atoms with Gasteiger partial charge in [-0.25, -0.2) is 0 Å². The van der Waals surface area contributed by atoms with Crippen LogP contribution in [0.4, 0.5) is 5.82 Å². The van der Waals surface area contributed by atoms with E-state index in [-0.39, 0.29) is 15.8 Å². The summed E-state index contributed by atoms with van der Waals surface area (Å²) in [7, 11) is 0. The molecule has 4 nitrogen and oxygen atoms in total. The van der Waals surface area contributed by atoms with Crippen LogP contribution < -0.4 is 4.90 Å². The number of ether oxygens (including phenoxy) is 1. The first-order chi connectivity index (χ1) is 9.28. The van der Waals surface area contributed by atoms with E-state index in [2.05, 4.69) is 26.6 Å². The summed E-state index contributed by atoms with van der Waals surface area (Å²) in [6.07, 6.45) is 0. The van der Waals surface area contributed by atoms with Crippen molar-refractivity contribution in [2.75, 3.05) is 31.2 Å². The van der Waals surface area contributed by atoms with E-state index in [1.54, 1.807) is 0 Å². The molecule has 0 spiro atoms. The van der Waals surface area contributed by atoms with Crippen LogP contribution in [0.1, 0.15) is 4.88 Å². The number of hydrogen-bond acceptors (Lipinski definition) is 5. The van der Waals surface area contributed by atoms with Crippen molar-refractivity contribution in [1.82, 2.24) is 9.97 Å². The number of hydrogen-bond donors (Lipinski definition) is 0. The van der Waals surface area contributed by atoms with Gasteiger partial charge in [0, 0.05) is 0 Å². The minimum atomic E-state index is 0.133. The first kappa shape index (κ1) is 13.6. The molecule has 0 bridgehead atoms. The van der Waals surface area contributed by atoms with Crippen molar-refractivity contribution in [3.8, 4) is 0 Å². The predicted octanol–water partition coefficient (Wildman–Crippen LogP) is 2.17. The first-order valence-corrected chi connectivity index (χ1v) is 11.0. The van der Waals surface area contributed by atoms with E-state index in [0.29, 0.717) is 5.28 Å². The van der Waals surface area contributed by atoms with E-state index >= 15 is 0 Å². The summed E-state index contributed by atoms with van der Waals surface area (Å²) < 4.78 is 6.57. The van der Waals surface area contributed by atoms with Gasteiger partial charge in [-0.15, -0.1) is 0 Å². The van der Waals surface area contributed by atoms with Crippen molar-refractivity contribution < 1.29 is 4.74 Å². The van der Waals surface area contributed by atoms with Gasteiger partial charge in [-0.3, -0.25) is 0 Å². The molecular formula is C12H15AsClN3OS. The monoisotopic (exact) mass is 359 g/mol. The van der Waals surface area contributed by atoms with Crippen molar-refractivity contribution in [2.45, 2.75) is 10.9 Å². The Morgan fingerprint density at radius 1 is 1.42 bits per heavy atom. The Balaban J connectivity index is 2.05. The number of anilines is 1. The molecule has 0 radical (unpaired) electrons. The van der Waals surface area contributed by atoms with Crippen LogP contribution in [0.5, 0.6) is 0 Å². The van der Waals surface area contributed by atoms with Crippen LogP contribution in [0.3, 0.4) is 0 Å². The normalized spacial score (nSPS) is 16.8. The van der Waals surface area contributed by atoms with Crippen molar-refractivity contribution >= 4 is 54.7 Å². The summed E-state index contributed by atoms with van der Waals surface area (Å²) in [5, 5.41) is 1.55. The van der Waals surface area contributed by atoms with Crippen LogP contribution in [0.25, 0.3) is 10.2 Å². The van der Waals surface area contributed by atoms with Crippen LogP contribution >= 0.6 is 22.9 Å². The van der Waals surface area contributed by atoms with E-state index in [1.165, 1.54) is 14.8 Å². The molecule has 7 heteroatoms. The molecule has 0 aliphatic carbocycles. The van der Waals surface area contributed by atoms with Crippen LogP contribution in [-0.4, -0.2) is 52.0 Å². The molecule has 0 amide bonds. The number of aromatic nitrogens is 2. The summed E-state index contributed by atoms with van der Waals surface area (Å²) in [5.41, 5.74) is 3.30. The summed E-state index contributed by atoms with van der Waals surface area (Å²) in [4.78, 5) is 12.5. The molecule has 1 fully saturated rings. The first-order valence-electron chi connectivity index (χ1n) is 6.21. The third kappa shape index (κ3) is 2.89. The van der Waals surface area contributed by atoms with Gasteiger partial charge < -0.3 is 0 Å². The van der Waals surface area contributed by atoms with E-state index in [1.807, 2.05) is 11.3 Å². The average Bonchev–Trinajstić information content (AvgIpc) is 2.81. The Labute approximate surface area is 127 Å². The van der Waals surface area contributed by atoms with E-state index in [9.17, 15) is 0 Å². The quantitative estimate of drug-likeness (QED) is 0.622. The molecule has 102 valence electrons. The van der Waals surface area contributed by atoms with Crippen LogP contribution in [-0.2, 0) is 9.95 Å². The molecule has 3 heterocycles. The summed E-state index contributed by atoms with van der Waals surface area (Å²) in [6, 6.07) is 2.17. The number of fused-ring (bicyclic) bond motifs is 1. The Morgan fingerprint density at radius 2 is 2.21 bits per heavy atom. The molecule has 2 aromatic heterocycles. The molecule has 1 saturated heterocycles. The second-order valence-corrected chi connectivity index (χ2v) is 8.07. The second-order valence-electron chi connectivity index (χ2n) is 4.37. The number of rotatable bonds is 3. The molecular weight excluding hydrogens is 345 g/mol. The summed E-state index contributed by atoms with van der Waals surface area (Å²) in [5.74, 6) is 0.977. The Hall–Kier alpha value is -0.352. The Bertz CT molecular complexity index is 586. The zero-order valence-corrected chi connectivity index (χ0v) is 14.3. The van der Waals surface area contributed by atoms with Gasteiger partial charge in [-0.2, -0.15) is 0 Å². The van der Waals surface area contributed by atoms with Crippen molar-refractivity contribution in [3.63, 3.8) is 0 Å². The third-order valence-corrected chi connectivity index (χ3v) is 6.41. The molecule has 1 atom stereocenters. The van der Waals surface area contributed by atoms with Gasteiger partial charge in [-0.1, -0.05) is 0 Å². The molecule has 2 aromatic rings. The maximum absolute atomic E-state index is 6.06. The molecule has 1 unspecified atom stereocenters. The SMILES string of the molecule is C[AsH]Cc1cc2nc(Cl)nc(N3CCOCC3)c2s1. The average molecular weight is 360 g/mol. The summed E-state index contributed by atoms with van der Waals surface area (Å²) >= 11 is 8.01. The molecule has 0 N–H and O–H groups in total. The molecule has 1 aliphatic rings. The molecule has 19 heavy (non-hydrogen) atoms. The minimum absolute atomic E-state index is 0.133. The number of morpholine rings is 1. The van der Waals surface area contributed by atoms with E-state index in [4.69, 9.17) is 16.3 Å². The van der Waals surface area contributed by atoms with Crippen LogP contribution in [0.2, 0.25) is 11.0 Å². The van der Waals surface area contributed by atoms with Gasteiger partial charge >= 0.3 is 128 Å².